The number of rotatable bonds is 2. The van der Waals surface area contributed by atoms with E-state index in [1.54, 1.807) is 0 Å². The Labute approximate surface area is 110 Å². The molecule has 0 aromatic heterocycles. The van der Waals surface area contributed by atoms with Gasteiger partial charge in [0.15, 0.2) is 5.78 Å². The minimum absolute atomic E-state index is 0.109. The first-order valence-corrected chi connectivity index (χ1v) is 7.99. The average molecular weight is 244 g/mol. The van der Waals surface area contributed by atoms with Gasteiger partial charge in [-0.05, 0) is 87.5 Å². The van der Waals surface area contributed by atoms with Crippen molar-refractivity contribution in [2.24, 2.45) is 23.2 Å². The number of Topliss-reactive ketones (excluding diaryl/α,β-unsaturated/α-hetero) is 1. The predicted molar refractivity (Wildman–Crippen MR) is 72.2 cm³/mol. The average Bonchev–Trinajstić information content (AvgIpc) is 2.37. The van der Waals surface area contributed by atoms with Crippen LogP contribution in [0, 0.1) is 23.2 Å². The van der Waals surface area contributed by atoms with E-state index in [0.29, 0.717) is 5.78 Å². The number of hydrogen-bond acceptors (Lipinski definition) is 1. The lowest BCUT2D eigenvalue weighted by Gasteiger charge is -2.56. The lowest BCUT2D eigenvalue weighted by molar-refractivity contribution is -0.140. The fourth-order valence-corrected chi connectivity index (χ4v) is 5.77. The molecule has 1 nitrogen and oxygen atoms in total. The lowest BCUT2D eigenvalue weighted by Crippen LogP contribution is -2.50. The molecule has 0 heterocycles. The van der Waals surface area contributed by atoms with Gasteiger partial charge in [0.25, 0.3) is 0 Å². The zero-order valence-electron chi connectivity index (χ0n) is 11.3. The number of carbonyl (C=O) groups excluding carboxylic acids is 1. The molecule has 18 heavy (non-hydrogen) atoms. The second-order valence-corrected chi connectivity index (χ2v) is 7.50. The highest BCUT2D eigenvalue weighted by atomic mass is 16.1. The SMILES string of the molecule is O=C(C1=CCCCC1)C12CC3CC(CC(C3)C1)C2. The molecule has 0 atom stereocenters. The summed E-state index contributed by atoms with van der Waals surface area (Å²) in [4.78, 5) is 13.0. The van der Waals surface area contributed by atoms with Crippen LogP contribution in [0.15, 0.2) is 11.6 Å². The normalized spacial score (nSPS) is 46.0. The Morgan fingerprint density at radius 1 is 1.00 bits per heavy atom. The Morgan fingerprint density at radius 3 is 2.11 bits per heavy atom. The van der Waals surface area contributed by atoms with Gasteiger partial charge >= 0.3 is 0 Å². The molecule has 0 aromatic rings. The van der Waals surface area contributed by atoms with Crippen molar-refractivity contribution in [1.29, 1.82) is 0 Å². The van der Waals surface area contributed by atoms with E-state index in [2.05, 4.69) is 6.08 Å². The van der Waals surface area contributed by atoms with E-state index in [1.165, 1.54) is 56.9 Å². The van der Waals surface area contributed by atoms with Crippen molar-refractivity contribution < 1.29 is 4.79 Å². The van der Waals surface area contributed by atoms with Gasteiger partial charge in [-0.1, -0.05) is 6.08 Å². The Kier molecular flexibility index (Phi) is 2.47. The number of allylic oxidation sites excluding steroid dienone is 2. The molecule has 0 spiro atoms. The first kappa shape index (κ1) is 11.3. The molecular weight excluding hydrogens is 220 g/mol. The van der Waals surface area contributed by atoms with E-state index < -0.39 is 0 Å². The van der Waals surface area contributed by atoms with Gasteiger partial charge in [-0.25, -0.2) is 0 Å². The van der Waals surface area contributed by atoms with Crippen LogP contribution in [-0.4, -0.2) is 5.78 Å². The van der Waals surface area contributed by atoms with Crippen molar-refractivity contribution in [2.75, 3.05) is 0 Å². The standard InChI is InChI=1S/C17H24O/c18-16(15-4-2-1-3-5-15)17-9-12-6-13(10-17)8-14(7-12)11-17/h4,12-14H,1-3,5-11H2. The summed E-state index contributed by atoms with van der Waals surface area (Å²) in [5.74, 6) is 3.26. The van der Waals surface area contributed by atoms with Crippen LogP contribution in [0.2, 0.25) is 0 Å². The smallest absolute Gasteiger partial charge is 0.164 e. The van der Waals surface area contributed by atoms with E-state index in [0.717, 1.165) is 30.6 Å². The summed E-state index contributed by atoms with van der Waals surface area (Å²) >= 11 is 0. The summed E-state index contributed by atoms with van der Waals surface area (Å²) in [6.45, 7) is 0. The number of carbonyl (C=O) groups is 1. The van der Waals surface area contributed by atoms with Crippen molar-refractivity contribution in [2.45, 2.75) is 64.2 Å². The van der Waals surface area contributed by atoms with Crippen molar-refractivity contribution in [3.63, 3.8) is 0 Å². The molecule has 5 aliphatic rings. The highest BCUT2D eigenvalue weighted by Crippen LogP contribution is 2.61. The fourth-order valence-electron chi connectivity index (χ4n) is 5.77. The maximum absolute atomic E-state index is 13.0. The Hall–Kier alpha value is -0.590. The van der Waals surface area contributed by atoms with Gasteiger partial charge in [-0.2, -0.15) is 0 Å². The molecule has 4 saturated carbocycles. The van der Waals surface area contributed by atoms with Gasteiger partial charge in [-0.15, -0.1) is 0 Å². The van der Waals surface area contributed by atoms with Crippen LogP contribution >= 0.6 is 0 Å². The maximum Gasteiger partial charge on any atom is 0.164 e. The Bertz CT molecular complexity index is 369. The second kappa shape index (κ2) is 3.95. The highest BCUT2D eigenvalue weighted by Gasteiger charge is 2.54. The molecule has 0 N–H and O–H groups in total. The quantitative estimate of drug-likeness (QED) is 0.709. The molecule has 0 saturated heterocycles. The molecular formula is C17H24O. The first-order valence-electron chi connectivity index (χ1n) is 7.99. The Balaban J connectivity index is 1.63. The molecule has 98 valence electrons. The van der Waals surface area contributed by atoms with E-state index in [-0.39, 0.29) is 5.41 Å². The zero-order valence-corrected chi connectivity index (χ0v) is 11.3. The summed E-state index contributed by atoms with van der Waals surface area (Å²) in [5.41, 5.74) is 1.32. The minimum atomic E-state index is 0.109. The number of hydrogen-bond donors (Lipinski definition) is 0. The molecule has 5 aliphatic carbocycles. The first-order chi connectivity index (χ1) is 8.75. The van der Waals surface area contributed by atoms with Crippen molar-refractivity contribution in [3.05, 3.63) is 11.6 Å². The summed E-state index contributed by atoms with van der Waals surface area (Å²) in [7, 11) is 0. The van der Waals surface area contributed by atoms with E-state index >= 15 is 0 Å². The summed E-state index contributed by atoms with van der Waals surface area (Å²) < 4.78 is 0. The molecule has 1 heteroatoms. The predicted octanol–water partition coefficient (Wildman–Crippen LogP) is 4.27. The van der Waals surface area contributed by atoms with Gasteiger partial charge in [-0.3, -0.25) is 4.79 Å². The lowest BCUT2D eigenvalue weighted by atomic mass is 9.48. The molecule has 5 rings (SSSR count). The van der Waals surface area contributed by atoms with Gasteiger partial charge < -0.3 is 0 Å². The minimum Gasteiger partial charge on any atom is -0.294 e. The summed E-state index contributed by atoms with van der Waals surface area (Å²) in [6.07, 6.45) is 15.0. The summed E-state index contributed by atoms with van der Waals surface area (Å²) in [5, 5.41) is 0. The van der Waals surface area contributed by atoms with Crippen LogP contribution in [0.4, 0.5) is 0 Å². The monoisotopic (exact) mass is 244 g/mol. The van der Waals surface area contributed by atoms with Crippen molar-refractivity contribution in [3.8, 4) is 0 Å². The molecule has 0 aliphatic heterocycles. The van der Waals surface area contributed by atoms with Crippen LogP contribution < -0.4 is 0 Å². The molecule has 0 aromatic carbocycles. The van der Waals surface area contributed by atoms with E-state index in [4.69, 9.17) is 0 Å². The van der Waals surface area contributed by atoms with Crippen LogP contribution in [0.1, 0.15) is 64.2 Å². The molecule has 4 fully saturated rings. The molecule has 0 radical (unpaired) electrons. The van der Waals surface area contributed by atoms with Gasteiger partial charge in [0.05, 0.1) is 0 Å². The third-order valence-corrected chi connectivity index (χ3v) is 6.10. The molecule has 0 unspecified atom stereocenters. The molecule has 4 bridgehead atoms. The third-order valence-electron chi connectivity index (χ3n) is 6.10. The fraction of sp³-hybridized carbons (Fsp3) is 0.824. The summed E-state index contributed by atoms with van der Waals surface area (Å²) in [6, 6.07) is 0. The highest BCUT2D eigenvalue weighted by molar-refractivity contribution is 6.00. The van der Waals surface area contributed by atoms with Crippen molar-refractivity contribution >= 4 is 5.78 Å². The van der Waals surface area contributed by atoms with Gasteiger partial charge in [0, 0.05) is 5.41 Å². The second-order valence-electron chi connectivity index (χ2n) is 7.50. The Morgan fingerprint density at radius 2 is 1.61 bits per heavy atom. The third kappa shape index (κ3) is 1.62. The largest absolute Gasteiger partial charge is 0.294 e. The molecule has 0 amide bonds. The van der Waals surface area contributed by atoms with Crippen LogP contribution in [0.3, 0.4) is 0 Å². The van der Waals surface area contributed by atoms with Crippen LogP contribution in [0.5, 0.6) is 0 Å². The van der Waals surface area contributed by atoms with Gasteiger partial charge in [0.2, 0.25) is 0 Å². The van der Waals surface area contributed by atoms with Crippen LogP contribution in [0.25, 0.3) is 0 Å². The van der Waals surface area contributed by atoms with E-state index in [1.807, 2.05) is 0 Å². The topological polar surface area (TPSA) is 17.1 Å². The van der Waals surface area contributed by atoms with Crippen LogP contribution in [-0.2, 0) is 4.79 Å². The van der Waals surface area contributed by atoms with E-state index in [9.17, 15) is 4.79 Å². The zero-order chi connectivity index (χ0) is 12.2. The maximum atomic E-state index is 13.0. The number of ketones is 1. The van der Waals surface area contributed by atoms with Gasteiger partial charge in [0.1, 0.15) is 0 Å². The van der Waals surface area contributed by atoms with Crippen molar-refractivity contribution in [1.82, 2.24) is 0 Å².